The molecule has 0 radical (unpaired) electrons. The van der Waals surface area contributed by atoms with E-state index in [1.54, 1.807) is 6.07 Å². The number of nitrogens with one attached hydrogen (secondary N) is 1. The quantitative estimate of drug-likeness (QED) is 0.920. The Kier molecular flexibility index (Phi) is 5.72. The van der Waals surface area contributed by atoms with Crippen molar-refractivity contribution in [2.75, 3.05) is 44.2 Å². The van der Waals surface area contributed by atoms with Crippen LogP contribution in [0, 0.1) is 17.7 Å². The highest BCUT2D eigenvalue weighted by Gasteiger charge is 2.27. The van der Waals surface area contributed by atoms with Crippen molar-refractivity contribution in [2.24, 2.45) is 11.8 Å². The van der Waals surface area contributed by atoms with E-state index < -0.39 is 0 Å². The maximum Gasteiger partial charge on any atom is 0.222 e. The maximum atomic E-state index is 13.9. The number of benzene rings is 1. The molecule has 2 heterocycles. The smallest absolute Gasteiger partial charge is 0.222 e. The number of hydrogen-bond acceptors (Lipinski definition) is 3. The first kappa shape index (κ1) is 17.2. The number of halogens is 1. The standard InChI is InChI=1S/C19H28FN3O/c1-15(16-5-4-8-21-14-16)13-19(24)23-11-9-22(10-12-23)18-7-3-2-6-17(18)20/h2-3,6-7,15-16,21H,4-5,8-14H2,1H3. The van der Waals surface area contributed by atoms with E-state index in [-0.39, 0.29) is 11.7 Å². The molecule has 132 valence electrons. The number of rotatable bonds is 4. The van der Waals surface area contributed by atoms with Crippen LogP contribution in [-0.4, -0.2) is 50.1 Å². The summed E-state index contributed by atoms with van der Waals surface area (Å²) in [6.45, 7) is 7.11. The normalized spacial score (nSPS) is 23.2. The third kappa shape index (κ3) is 4.07. The fourth-order valence-corrected chi connectivity index (χ4v) is 3.84. The monoisotopic (exact) mass is 333 g/mol. The predicted octanol–water partition coefficient (Wildman–Crippen LogP) is 2.50. The van der Waals surface area contributed by atoms with E-state index in [1.165, 1.54) is 18.9 Å². The van der Waals surface area contributed by atoms with Gasteiger partial charge >= 0.3 is 0 Å². The van der Waals surface area contributed by atoms with E-state index in [2.05, 4.69) is 12.2 Å². The predicted molar refractivity (Wildman–Crippen MR) is 94.6 cm³/mol. The molecule has 1 aromatic rings. The second-order valence-corrected chi connectivity index (χ2v) is 7.11. The Hall–Kier alpha value is -1.62. The molecular formula is C19H28FN3O. The molecule has 2 aliphatic rings. The third-order valence-corrected chi connectivity index (χ3v) is 5.46. The van der Waals surface area contributed by atoms with Gasteiger partial charge in [-0.05, 0) is 49.9 Å². The lowest BCUT2D eigenvalue weighted by atomic mass is 9.85. The van der Waals surface area contributed by atoms with Crippen molar-refractivity contribution in [3.8, 4) is 0 Å². The maximum absolute atomic E-state index is 13.9. The van der Waals surface area contributed by atoms with Gasteiger partial charge in [-0.2, -0.15) is 0 Å². The van der Waals surface area contributed by atoms with Gasteiger partial charge < -0.3 is 15.1 Å². The van der Waals surface area contributed by atoms with Crippen molar-refractivity contribution in [1.29, 1.82) is 0 Å². The van der Waals surface area contributed by atoms with Crippen LogP contribution < -0.4 is 10.2 Å². The van der Waals surface area contributed by atoms with Crippen molar-refractivity contribution >= 4 is 11.6 Å². The Morgan fingerprint density at radius 2 is 2.04 bits per heavy atom. The molecular weight excluding hydrogens is 305 g/mol. The van der Waals surface area contributed by atoms with Gasteiger partial charge in [0.2, 0.25) is 5.91 Å². The van der Waals surface area contributed by atoms with E-state index in [0.29, 0.717) is 50.1 Å². The number of carbonyl (C=O) groups excluding carboxylic acids is 1. The average Bonchev–Trinajstić information content (AvgIpc) is 2.63. The number of amides is 1. The molecule has 0 aliphatic carbocycles. The topological polar surface area (TPSA) is 35.6 Å². The minimum Gasteiger partial charge on any atom is -0.366 e. The zero-order valence-corrected chi connectivity index (χ0v) is 14.5. The van der Waals surface area contributed by atoms with Gasteiger partial charge in [-0.3, -0.25) is 4.79 Å². The van der Waals surface area contributed by atoms with Crippen molar-refractivity contribution in [2.45, 2.75) is 26.2 Å². The first-order valence-electron chi connectivity index (χ1n) is 9.13. The zero-order chi connectivity index (χ0) is 16.9. The van der Waals surface area contributed by atoms with Crippen LogP contribution in [0.2, 0.25) is 0 Å². The van der Waals surface area contributed by atoms with Crippen LogP contribution in [0.5, 0.6) is 0 Å². The third-order valence-electron chi connectivity index (χ3n) is 5.46. The summed E-state index contributed by atoms with van der Waals surface area (Å²) in [7, 11) is 0. The van der Waals surface area contributed by atoms with Crippen LogP contribution in [-0.2, 0) is 4.79 Å². The van der Waals surface area contributed by atoms with Crippen LogP contribution in [0.1, 0.15) is 26.2 Å². The van der Waals surface area contributed by atoms with Crippen molar-refractivity contribution in [3.63, 3.8) is 0 Å². The molecule has 2 atom stereocenters. The number of carbonyl (C=O) groups is 1. The molecule has 0 bridgehead atoms. The summed E-state index contributed by atoms with van der Waals surface area (Å²) in [5, 5.41) is 3.43. The fourth-order valence-electron chi connectivity index (χ4n) is 3.84. The van der Waals surface area contributed by atoms with E-state index in [4.69, 9.17) is 0 Å². The summed E-state index contributed by atoms with van der Waals surface area (Å²) in [6.07, 6.45) is 3.07. The van der Waals surface area contributed by atoms with Gasteiger partial charge in [-0.1, -0.05) is 19.1 Å². The Bertz CT molecular complexity index is 551. The number of anilines is 1. The van der Waals surface area contributed by atoms with Gasteiger partial charge in [0.15, 0.2) is 0 Å². The van der Waals surface area contributed by atoms with Gasteiger partial charge in [0.05, 0.1) is 5.69 Å². The molecule has 2 unspecified atom stereocenters. The van der Waals surface area contributed by atoms with Gasteiger partial charge in [0, 0.05) is 32.6 Å². The fraction of sp³-hybridized carbons (Fsp3) is 0.632. The van der Waals surface area contributed by atoms with Crippen LogP contribution in [0.25, 0.3) is 0 Å². The van der Waals surface area contributed by atoms with Crippen LogP contribution in [0.4, 0.5) is 10.1 Å². The lowest BCUT2D eigenvalue weighted by Crippen LogP contribution is -2.49. The van der Waals surface area contributed by atoms with E-state index in [9.17, 15) is 9.18 Å². The van der Waals surface area contributed by atoms with Gasteiger partial charge in [-0.25, -0.2) is 4.39 Å². The highest BCUT2D eigenvalue weighted by atomic mass is 19.1. The molecule has 5 heteroatoms. The molecule has 0 aromatic heterocycles. The van der Waals surface area contributed by atoms with Crippen molar-refractivity contribution in [1.82, 2.24) is 10.2 Å². The van der Waals surface area contributed by atoms with E-state index >= 15 is 0 Å². The lowest BCUT2D eigenvalue weighted by Gasteiger charge is -2.37. The summed E-state index contributed by atoms with van der Waals surface area (Å²) in [4.78, 5) is 16.6. The molecule has 2 aliphatic heterocycles. The first-order chi connectivity index (χ1) is 11.6. The van der Waals surface area contributed by atoms with Gasteiger partial charge in [0.25, 0.3) is 0 Å². The average molecular weight is 333 g/mol. The molecule has 24 heavy (non-hydrogen) atoms. The molecule has 4 nitrogen and oxygen atoms in total. The number of piperidine rings is 1. The van der Waals surface area contributed by atoms with E-state index in [0.717, 1.165) is 13.1 Å². The number of hydrogen-bond donors (Lipinski definition) is 1. The van der Waals surface area contributed by atoms with E-state index in [1.807, 2.05) is 21.9 Å². The molecule has 3 rings (SSSR count). The highest BCUT2D eigenvalue weighted by Crippen LogP contribution is 2.24. The van der Waals surface area contributed by atoms with Gasteiger partial charge in [-0.15, -0.1) is 0 Å². The summed E-state index contributed by atoms with van der Waals surface area (Å²) in [5.41, 5.74) is 0.645. The second kappa shape index (κ2) is 7.97. The van der Waals surface area contributed by atoms with Crippen molar-refractivity contribution in [3.05, 3.63) is 30.1 Å². The summed E-state index contributed by atoms with van der Waals surface area (Å²) >= 11 is 0. The van der Waals surface area contributed by atoms with Crippen LogP contribution in [0.15, 0.2) is 24.3 Å². The molecule has 1 aromatic carbocycles. The molecule has 0 spiro atoms. The summed E-state index contributed by atoms with van der Waals surface area (Å²) < 4.78 is 13.9. The largest absolute Gasteiger partial charge is 0.366 e. The Balaban J connectivity index is 1.49. The van der Waals surface area contributed by atoms with Crippen molar-refractivity contribution < 1.29 is 9.18 Å². The molecule has 1 N–H and O–H groups in total. The number of para-hydroxylation sites is 1. The molecule has 0 saturated carbocycles. The number of piperazine rings is 1. The second-order valence-electron chi connectivity index (χ2n) is 7.11. The minimum absolute atomic E-state index is 0.185. The summed E-state index contributed by atoms with van der Waals surface area (Å²) in [5.74, 6) is 1.11. The molecule has 2 fully saturated rings. The molecule has 1 amide bonds. The Morgan fingerprint density at radius 3 is 2.71 bits per heavy atom. The minimum atomic E-state index is -0.185. The highest BCUT2D eigenvalue weighted by molar-refractivity contribution is 5.76. The van der Waals surface area contributed by atoms with Crippen LogP contribution >= 0.6 is 0 Å². The zero-order valence-electron chi connectivity index (χ0n) is 14.5. The van der Waals surface area contributed by atoms with Gasteiger partial charge in [0.1, 0.15) is 5.82 Å². The lowest BCUT2D eigenvalue weighted by molar-refractivity contribution is -0.132. The number of nitrogens with zero attached hydrogens (tertiary/aromatic N) is 2. The Labute approximate surface area is 144 Å². The Morgan fingerprint density at radius 1 is 1.29 bits per heavy atom. The SMILES string of the molecule is CC(CC(=O)N1CCN(c2ccccc2F)CC1)C1CCCNC1. The molecule has 2 saturated heterocycles. The van der Waals surface area contributed by atoms with Crippen LogP contribution in [0.3, 0.4) is 0 Å². The first-order valence-corrected chi connectivity index (χ1v) is 9.13. The summed E-state index contributed by atoms with van der Waals surface area (Å²) in [6, 6.07) is 6.87.